The fraction of sp³-hybridized carbons (Fsp3) is 0.273. The summed E-state index contributed by atoms with van der Waals surface area (Å²) in [6.45, 7) is 1.26. The number of nitrogens with one attached hydrogen (secondary N) is 2. The van der Waals surface area contributed by atoms with E-state index in [-0.39, 0.29) is 10.7 Å². The molecule has 2 aromatic rings. The number of carboxylic acid groups (broad SMARTS) is 1. The topological polar surface area (TPSA) is 124 Å². The number of amides is 2. The molecular formula is C11H11ClN4O4S. The number of anilines is 1. The Morgan fingerprint density at radius 2 is 2.10 bits per heavy atom. The van der Waals surface area contributed by atoms with E-state index in [4.69, 9.17) is 16.7 Å². The van der Waals surface area contributed by atoms with E-state index in [9.17, 15) is 14.7 Å². The Morgan fingerprint density at radius 3 is 2.71 bits per heavy atom. The molecular weight excluding hydrogens is 320 g/mol. The first-order valence-corrected chi connectivity index (χ1v) is 6.90. The van der Waals surface area contributed by atoms with Crippen LogP contribution in [-0.4, -0.2) is 43.1 Å². The second-order valence-corrected chi connectivity index (χ2v) is 5.14. The second-order valence-electron chi connectivity index (χ2n) is 4.21. The number of hydrogen-bond donors (Lipinski definition) is 4. The minimum absolute atomic E-state index is 0.232. The molecule has 112 valence electrons. The fourth-order valence-corrected chi connectivity index (χ4v) is 2.37. The number of urea groups is 1. The first-order chi connectivity index (χ1) is 9.90. The van der Waals surface area contributed by atoms with Crippen LogP contribution in [0, 0.1) is 0 Å². The van der Waals surface area contributed by atoms with Crippen molar-refractivity contribution >= 4 is 52.1 Å². The number of halogens is 1. The van der Waals surface area contributed by atoms with Gasteiger partial charge in [0.25, 0.3) is 0 Å². The minimum Gasteiger partial charge on any atom is -0.480 e. The summed E-state index contributed by atoms with van der Waals surface area (Å²) >= 11 is 6.96. The predicted octanol–water partition coefficient (Wildman–Crippen LogP) is 1.30. The third-order valence-corrected chi connectivity index (χ3v) is 3.51. The number of fused-ring (bicyclic) bond motifs is 1. The quantitative estimate of drug-likeness (QED) is 0.669. The van der Waals surface area contributed by atoms with Crippen molar-refractivity contribution < 1.29 is 19.8 Å². The van der Waals surface area contributed by atoms with Gasteiger partial charge in [-0.2, -0.15) is 8.75 Å². The molecule has 0 saturated heterocycles. The standard InChI is InChI=1S/C11H11ClN4O4S/c1-4(17)7(10(18)19)13-11(20)14-8-5(12)2-3-6-9(8)16-21-15-6/h2-4,7,17H,1H3,(H,18,19)(H2,13,14,20)/t4-,7+/m1/s1. The van der Waals surface area contributed by atoms with Gasteiger partial charge in [-0.15, -0.1) is 0 Å². The van der Waals surface area contributed by atoms with E-state index in [1.807, 2.05) is 0 Å². The average Bonchev–Trinajstić information content (AvgIpc) is 2.87. The molecule has 0 aliphatic heterocycles. The summed E-state index contributed by atoms with van der Waals surface area (Å²) in [6.07, 6.45) is -1.25. The van der Waals surface area contributed by atoms with Crippen LogP contribution in [0.15, 0.2) is 12.1 Å². The highest BCUT2D eigenvalue weighted by atomic mass is 35.5. The molecule has 0 fully saturated rings. The molecule has 1 heterocycles. The van der Waals surface area contributed by atoms with Gasteiger partial charge in [-0.3, -0.25) is 0 Å². The molecule has 2 atom stereocenters. The highest BCUT2D eigenvalue weighted by molar-refractivity contribution is 7.00. The lowest BCUT2D eigenvalue weighted by Crippen LogP contribution is -2.49. The van der Waals surface area contributed by atoms with E-state index in [0.717, 1.165) is 11.7 Å². The van der Waals surface area contributed by atoms with Crippen molar-refractivity contribution in [3.05, 3.63) is 17.2 Å². The zero-order chi connectivity index (χ0) is 15.6. The van der Waals surface area contributed by atoms with Crippen LogP contribution in [0.25, 0.3) is 11.0 Å². The van der Waals surface area contributed by atoms with Crippen LogP contribution >= 0.6 is 23.3 Å². The van der Waals surface area contributed by atoms with E-state index in [0.29, 0.717) is 11.0 Å². The van der Waals surface area contributed by atoms with Crippen LogP contribution in [0.2, 0.25) is 5.02 Å². The Bertz CT molecular complexity index is 690. The van der Waals surface area contributed by atoms with Gasteiger partial charge < -0.3 is 20.8 Å². The summed E-state index contributed by atoms with van der Waals surface area (Å²) in [4.78, 5) is 22.8. The van der Waals surface area contributed by atoms with E-state index in [1.165, 1.54) is 6.92 Å². The summed E-state index contributed by atoms with van der Waals surface area (Å²) < 4.78 is 8.03. The van der Waals surface area contributed by atoms with Gasteiger partial charge in [0.05, 0.1) is 28.5 Å². The number of carbonyl (C=O) groups is 2. The largest absolute Gasteiger partial charge is 0.480 e. The highest BCUT2D eigenvalue weighted by Gasteiger charge is 2.25. The van der Waals surface area contributed by atoms with E-state index in [1.54, 1.807) is 12.1 Å². The predicted molar refractivity (Wildman–Crippen MR) is 77.7 cm³/mol. The number of hydrogen-bond acceptors (Lipinski definition) is 6. The van der Waals surface area contributed by atoms with Gasteiger partial charge in [-0.1, -0.05) is 11.6 Å². The van der Waals surface area contributed by atoms with Crippen molar-refractivity contribution in [1.82, 2.24) is 14.1 Å². The normalized spacial score (nSPS) is 13.7. The van der Waals surface area contributed by atoms with Crippen molar-refractivity contribution in [3.8, 4) is 0 Å². The Labute approximate surface area is 128 Å². The van der Waals surface area contributed by atoms with Crippen LogP contribution in [0.4, 0.5) is 10.5 Å². The Hall–Kier alpha value is -1.97. The van der Waals surface area contributed by atoms with Gasteiger partial charge in [0.1, 0.15) is 11.0 Å². The molecule has 0 radical (unpaired) electrons. The molecule has 0 bridgehead atoms. The summed E-state index contributed by atoms with van der Waals surface area (Å²) in [5.41, 5.74) is 1.20. The number of aliphatic carboxylic acids is 1. The summed E-state index contributed by atoms with van der Waals surface area (Å²) in [5, 5.41) is 23.0. The minimum atomic E-state index is -1.43. The van der Waals surface area contributed by atoms with Gasteiger partial charge in [0.15, 0.2) is 6.04 Å². The highest BCUT2D eigenvalue weighted by Crippen LogP contribution is 2.29. The molecule has 0 aliphatic rings. The maximum Gasteiger partial charge on any atom is 0.328 e. The van der Waals surface area contributed by atoms with E-state index in [2.05, 4.69) is 19.4 Å². The van der Waals surface area contributed by atoms with Gasteiger partial charge in [0, 0.05) is 0 Å². The Kier molecular flexibility index (Phi) is 4.56. The molecule has 1 aromatic carbocycles. The number of rotatable bonds is 4. The summed E-state index contributed by atoms with van der Waals surface area (Å²) in [6, 6.07) is 0.951. The van der Waals surface area contributed by atoms with E-state index >= 15 is 0 Å². The average molecular weight is 331 g/mol. The maximum atomic E-state index is 11.8. The molecule has 8 nitrogen and oxygen atoms in total. The lowest BCUT2D eigenvalue weighted by atomic mass is 10.2. The molecule has 2 amide bonds. The number of benzene rings is 1. The third-order valence-electron chi connectivity index (χ3n) is 2.65. The van der Waals surface area contributed by atoms with Crippen molar-refractivity contribution in [2.24, 2.45) is 0 Å². The first-order valence-electron chi connectivity index (χ1n) is 5.79. The Morgan fingerprint density at radius 1 is 1.38 bits per heavy atom. The summed E-state index contributed by atoms with van der Waals surface area (Å²) in [5.74, 6) is -1.35. The number of aliphatic hydroxyl groups is 1. The van der Waals surface area contributed by atoms with Crippen LogP contribution < -0.4 is 10.6 Å². The Balaban J connectivity index is 2.20. The molecule has 2 rings (SSSR count). The molecule has 1 aromatic heterocycles. The lowest BCUT2D eigenvalue weighted by Gasteiger charge is -2.17. The zero-order valence-electron chi connectivity index (χ0n) is 10.7. The van der Waals surface area contributed by atoms with Crippen LogP contribution in [0.5, 0.6) is 0 Å². The number of aliphatic hydroxyl groups excluding tert-OH is 1. The molecule has 21 heavy (non-hydrogen) atoms. The van der Waals surface area contributed by atoms with Gasteiger partial charge >= 0.3 is 12.0 Å². The van der Waals surface area contributed by atoms with Crippen LogP contribution in [-0.2, 0) is 4.79 Å². The number of carbonyl (C=O) groups excluding carboxylic acids is 1. The molecule has 10 heteroatoms. The zero-order valence-corrected chi connectivity index (χ0v) is 12.3. The van der Waals surface area contributed by atoms with Crippen LogP contribution in [0.3, 0.4) is 0 Å². The van der Waals surface area contributed by atoms with Crippen molar-refractivity contribution in [2.75, 3.05) is 5.32 Å². The van der Waals surface area contributed by atoms with Gasteiger partial charge in [-0.05, 0) is 19.1 Å². The van der Waals surface area contributed by atoms with Gasteiger partial charge in [0.2, 0.25) is 0 Å². The monoisotopic (exact) mass is 330 g/mol. The van der Waals surface area contributed by atoms with Crippen molar-refractivity contribution in [1.29, 1.82) is 0 Å². The molecule has 0 aliphatic carbocycles. The summed E-state index contributed by atoms with van der Waals surface area (Å²) in [7, 11) is 0. The lowest BCUT2D eigenvalue weighted by molar-refractivity contribution is -0.141. The SMILES string of the molecule is C[C@@H](O)[C@H](NC(=O)Nc1c(Cl)ccc2nsnc12)C(=O)O. The number of nitrogens with zero attached hydrogens (tertiary/aromatic N) is 2. The van der Waals surface area contributed by atoms with Crippen molar-refractivity contribution in [3.63, 3.8) is 0 Å². The van der Waals surface area contributed by atoms with Gasteiger partial charge in [-0.25, -0.2) is 9.59 Å². The molecule has 0 spiro atoms. The molecule has 0 unspecified atom stereocenters. The second kappa shape index (κ2) is 6.20. The third kappa shape index (κ3) is 3.38. The number of aromatic nitrogens is 2. The van der Waals surface area contributed by atoms with Crippen molar-refractivity contribution in [2.45, 2.75) is 19.1 Å². The maximum absolute atomic E-state index is 11.8. The fourth-order valence-electron chi connectivity index (χ4n) is 1.63. The number of carboxylic acids is 1. The molecule has 0 saturated carbocycles. The van der Waals surface area contributed by atoms with Crippen LogP contribution in [0.1, 0.15) is 6.92 Å². The molecule has 4 N–H and O–H groups in total. The van der Waals surface area contributed by atoms with E-state index < -0.39 is 24.1 Å². The smallest absolute Gasteiger partial charge is 0.328 e. The first kappa shape index (κ1) is 15.4.